The Bertz CT molecular complexity index is 1230. The summed E-state index contributed by atoms with van der Waals surface area (Å²) in [5.74, 6) is -2.20. The molecule has 1 fully saturated rings. The van der Waals surface area contributed by atoms with Gasteiger partial charge in [0.2, 0.25) is 0 Å². The number of aryl methyl sites for hydroxylation is 3. The van der Waals surface area contributed by atoms with E-state index >= 15 is 0 Å². The Balaban J connectivity index is 1.97. The van der Waals surface area contributed by atoms with E-state index in [0.29, 0.717) is 22.4 Å². The minimum atomic E-state index is -0.798. The highest BCUT2D eigenvalue weighted by molar-refractivity contribution is 6.51. The van der Waals surface area contributed by atoms with E-state index in [9.17, 15) is 19.1 Å². The van der Waals surface area contributed by atoms with Gasteiger partial charge in [-0.25, -0.2) is 4.39 Å². The smallest absolute Gasteiger partial charge is 0.300 e. The topological polar surface area (TPSA) is 57.6 Å². The maximum absolute atomic E-state index is 13.8. The zero-order valence-electron chi connectivity index (χ0n) is 17.5. The number of hydrogen-bond donors (Lipinski definition) is 1. The van der Waals surface area contributed by atoms with Crippen molar-refractivity contribution >= 4 is 23.1 Å². The third kappa shape index (κ3) is 3.52. The molecule has 1 heterocycles. The molecule has 1 N–H and O–H groups in total. The third-order valence-corrected chi connectivity index (χ3v) is 5.60. The number of hydrogen-bond acceptors (Lipinski definition) is 3. The van der Waals surface area contributed by atoms with Gasteiger partial charge >= 0.3 is 0 Å². The van der Waals surface area contributed by atoms with E-state index in [4.69, 9.17) is 0 Å². The van der Waals surface area contributed by atoms with Crippen molar-refractivity contribution in [3.63, 3.8) is 0 Å². The number of carbonyl (C=O) groups is 2. The standard InChI is InChI=1S/C26H22FNO3/c1-15-9-12-21(17(3)13-15)28-23(18-7-5-4-6-8-18)22(25(30)26(28)31)24(29)19-10-11-20(27)16(2)14-19/h4-14,23,29H,1-3H3/b24-22+. The number of ketones is 1. The fourth-order valence-corrected chi connectivity index (χ4v) is 4.05. The molecule has 0 radical (unpaired) electrons. The average molecular weight is 415 g/mol. The first-order valence-corrected chi connectivity index (χ1v) is 9.99. The molecule has 0 aliphatic carbocycles. The van der Waals surface area contributed by atoms with Gasteiger partial charge in [-0.15, -0.1) is 0 Å². The van der Waals surface area contributed by atoms with Crippen molar-refractivity contribution in [1.82, 2.24) is 0 Å². The summed E-state index contributed by atoms with van der Waals surface area (Å²) in [6.07, 6.45) is 0. The molecule has 1 aliphatic heterocycles. The monoisotopic (exact) mass is 415 g/mol. The van der Waals surface area contributed by atoms with E-state index in [1.54, 1.807) is 6.92 Å². The summed E-state index contributed by atoms with van der Waals surface area (Å²) in [5, 5.41) is 11.1. The van der Waals surface area contributed by atoms with Gasteiger partial charge in [-0.1, -0.05) is 48.0 Å². The quantitative estimate of drug-likeness (QED) is 0.355. The van der Waals surface area contributed by atoms with Gasteiger partial charge in [-0.05, 0) is 61.7 Å². The van der Waals surface area contributed by atoms with E-state index in [1.165, 1.54) is 23.1 Å². The Morgan fingerprint density at radius 1 is 0.903 bits per heavy atom. The minimum Gasteiger partial charge on any atom is -0.507 e. The van der Waals surface area contributed by atoms with Crippen LogP contribution < -0.4 is 4.90 Å². The lowest BCUT2D eigenvalue weighted by Crippen LogP contribution is -2.30. The summed E-state index contributed by atoms with van der Waals surface area (Å²) in [6.45, 7) is 5.42. The first-order valence-electron chi connectivity index (χ1n) is 9.99. The molecular weight excluding hydrogens is 393 g/mol. The average Bonchev–Trinajstić information content (AvgIpc) is 3.01. The summed E-state index contributed by atoms with van der Waals surface area (Å²) in [6, 6.07) is 18.1. The van der Waals surface area contributed by atoms with Crippen LogP contribution in [0.5, 0.6) is 0 Å². The second-order valence-electron chi connectivity index (χ2n) is 7.83. The lowest BCUT2D eigenvalue weighted by atomic mass is 9.94. The molecule has 1 unspecified atom stereocenters. The minimum absolute atomic E-state index is 0.0119. The van der Waals surface area contributed by atoms with E-state index in [0.717, 1.165) is 11.1 Å². The van der Waals surface area contributed by atoms with E-state index < -0.39 is 23.5 Å². The second kappa shape index (κ2) is 7.84. The number of aliphatic hydroxyl groups is 1. The highest BCUT2D eigenvalue weighted by Gasteiger charge is 2.47. The molecule has 1 atom stereocenters. The van der Waals surface area contributed by atoms with Gasteiger partial charge in [-0.3, -0.25) is 14.5 Å². The number of halogens is 1. The second-order valence-corrected chi connectivity index (χ2v) is 7.83. The molecule has 0 spiro atoms. The van der Waals surface area contributed by atoms with Gasteiger partial charge in [0.25, 0.3) is 11.7 Å². The number of carbonyl (C=O) groups excluding carboxylic acids is 2. The van der Waals surface area contributed by atoms with Crippen LogP contribution in [0.2, 0.25) is 0 Å². The van der Waals surface area contributed by atoms with Crippen molar-refractivity contribution in [1.29, 1.82) is 0 Å². The molecule has 0 saturated carbocycles. The molecule has 0 bridgehead atoms. The number of amides is 1. The lowest BCUT2D eigenvalue weighted by molar-refractivity contribution is -0.132. The molecule has 3 aromatic carbocycles. The number of aliphatic hydroxyl groups excluding tert-OH is 1. The Morgan fingerprint density at radius 2 is 1.61 bits per heavy atom. The number of nitrogens with zero attached hydrogens (tertiary/aromatic N) is 1. The van der Waals surface area contributed by atoms with Crippen LogP contribution >= 0.6 is 0 Å². The lowest BCUT2D eigenvalue weighted by Gasteiger charge is -2.27. The Morgan fingerprint density at radius 3 is 2.26 bits per heavy atom. The SMILES string of the molecule is Cc1ccc(N2C(=O)C(=O)/C(=C(/O)c3ccc(F)c(C)c3)C2c2ccccc2)c(C)c1. The van der Waals surface area contributed by atoms with Crippen LogP contribution in [0.25, 0.3) is 5.76 Å². The molecule has 4 rings (SSSR count). The fraction of sp³-hybridized carbons (Fsp3) is 0.154. The van der Waals surface area contributed by atoms with E-state index in [2.05, 4.69) is 0 Å². The Hall–Kier alpha value is -3.73. The number of rotatable bonds is 3. The molecular formula is C26H22FNO3. The maximum Gasteiger partial charge on any atom is 0.300 e. The number of Topliss-reactive ketones (excluding diaryl/α,β-unsaturated/α-hetero) is 1. The van der Waals surface area contributed by atoms with Gasteiger partial charge in [-0.2, -0.15) is 0 Å². The van der Waals surface area contributed by atoms with Crippen molar-refractivity contribution in [2.45, 2.75) is 26.8 Å². The summed E-state index contributed by atoms with van der Waals surface area (Å²) in [7, 11) is 0. The molecule has 0 aromatic heterocycles. The van der Waals surface area contributed by atoms with Gasteiger partial charge < -0.3 is 5.11 Å². The van der Waals surface area contributed by atoms with E-state index in [1.807, 2.05) is 62.4 Å². The molecule has 1 saturated heterocycles. The molecule has 1 amide bonds. The normalized spacial score (nSPS) is 17.9. The molecule has 3 aromatic rings. The molecule has 156 valence electrons. The maximum atomic E-state index is 13.8. The summed E-state index contributed by atoms with van der Waals surface area (Å²) < 4.78 is 13.8. The van der Waals surface area contributed by atoms with Crippen molar-refractivity contribution < 1.29 is 19.1 Å². The van der Waals surface area contributed by atoms with E-state index in [-0.39, 0.29) is 11.3 Å². The van der Waals surface area contributed by atoms with Gasteiger partial charge in [0.1, 0.15) is 11.6 Å². The summed E-state index contributed by atoms with van der Waals surface area (Å²) in [5.41, 5.74) is 3.80. The molecule has 31 heavy (non-hydrogen) atoms. The largest absolute Gasteiger partial charge is 0.507 e. The predicted molar refractivity (Wildman–Crippen MR) is 118 cm³/mol. The van der Waals surface area contributed by atoms with Crippen LogP contribution in [0.1, 0.15) is 33.9 Å². The van der Waals surface area contributed by atoms with Crippen LogP contribution in [0.3, 0.4) is 0 Å². The van der Waals surface area contributed by atoms with Crippen molar-refractivity contribution in [3.05, 3.63) is 106 Å². The Kier molecular flexibility index (Phi) is 5.19. The molecule has 1 aliphatic rings. The third-order valence-electron chi connectivity index (χ3n) is 5.60. The highest BCUT2D eigenvalue weighted by atomic mass is 19.1. The van der Waals surface area contributed by atoms with Gasteiger partial charge in [0.15, 0.2) is 0 Å². The first-order chi connectivity index (χ1) is 14.8. The van der Waals surface area contributed by atoms with Crippen LogP contribution in [-0.4, -0.2) is 16.8 Å². The van der Waals surface area contributed by atoms with Crippen molar-refractivity contribution in [2.75, 3.05) is 4.90 Å². The van der Waals surface area contributed by atoms with Crippen LogP contribution in [-0.2, 0) is 9.59 Å². The zero-order chi connectivity index (χ0) is 22.3. The number of anilines is 1. The summed E-state index contributed by atoms with van der Waals surface area (Å²) in [4.78, 5) is 27.7. The van der Waals surface area contributed by atoms with Crippen molar-refractivity contribution in [3.8, 4) is 0 Å². The fourth-order valence-electron chi connectivity index (χ4n) is 4.05. The Labute approximate surface area is 180 Å². The highest BCUT2D eigenvalue weighted by Crippen LogP contribution is 2.43. The molecule has 5 heteroatoms. The summed E-state index contributed by atoms with van der Waals surface area (Å²) >= 11 is 0. The zero-order valence-corrected chi connectivity index (χ0v) is 17.5. The van der Waals surface area contributed by atoms with Crippen molar-refractivity contribution in [2.24, 2.45) is 0 Å². The van der Waals surface area contributed by atoms with Crippen LogP contribution in [0.15, 0.2) is 72.3 Å². The molecule has 4 nitrogen and oxygen atoms in total. The van der Waals surface area contributed by atoms with Crippen LogP contribution in [0, 0.1) is 26.6 Å². The first kappa shape index (κ1) is 20.5. The van der Waals surface area contributed by atoms with Crippen LogP contribution in [0.4, 0.5) is 10.1 Å². The van der Waals surface area contributed by atoms with Gasteiger partial charge in [0, 0.05) is 11.3 Å². The predicted octanol–water partition coefficient (Wildman–Crippen LogP) is 5.38. The number of benzene rings is 3. The van der Waals surface area contributed by atoms with Gasteiger partial charge in [0.05, 0.1) is 11.6 Å².